The molecule has 0 aliphatic carbocycles. The predicted molar refractivity (Wildman–Crippen MR) is 102 cm³/mol. The van der Waals surface area contributed by atoms with Crippen molar-refractivity contribution in [3.63, 3.8) is 0 Å². The summed E-state index contributed by atoms with van der Waals surface area (Å²) in [6.45, 7) is 6.30. The molecule has 0 radical (unpaired) electrons. The number of benzene rings is 2. The van der Waals surface area contributed by atoms with Crippen LogP contribution in [0.2, 0.25) is 10.0 Å². The number of thiazole rings is 1. The number of hydrogen-bond acceptors (Lipinski definition) is 3. The zero-order chi connectivity index (χ0) is 16.6. The zero-order valence-corrected chi connectivity index (χ0v) is 15.4. The van der Waals surface area contributed by atoms with Crippen LogP contribution in [-0.2, 0) is 0 Å². The second kappa shape index (κ2) is 6.52. The molecule has 3 aromatic rings. The number of aromatic nitrogens is 1. The average molecular weight is 363 g/mol. The summed E-state index contributed by atoms with van der Waals surface area (Å²) in [5, 5.41) is 5.32. The lowest BCUT2D eigenvalue weighted by molar-refractivity contribution is 1.31. The normalized spacial score (nSPS) is 10.8. The Kier molecular flexibility index (Phi) is 4.62. The topological polar surface area (TPSA) is 24.9 Å². The Morgan fingerprint density at radius 3 is 2.30 bits per heavy atom. The maximum atomic E-state index is 6.04. The van der Waals surface area contributed by atoms with Crippen molar-refractivity contribution in [2.75, 3.05) is 5.32 Å². The number of aryl methyl sites for hydroxylation is 3. The summed E-state index contributed by atoms with van der Waals surface area (Å²) in [7, 11) is 0. The van der Waals surface area contributed by atoms with Gasteiger partial charge in [0.2, 0.25) is 0 Å². The highest BCUT2D eigenvalue weighted by Gasteiger charge is 2.12. The Hall–Kier alpha value is -1.55. The van der Waals surface area contributed by atoms with E-state index in [1.54, 1.807) is 17.4 Å². The molecule has 0 amide bonds. The molecule has 2 nitrogen and oxygen atoms in total. The third kappa shape index (κ3) is 3.69. The first kappa shape index (κ1) is 16.3. The van der Waals surface area contributed by atoms with Gasteiger partial charge in [0.15, 0.2) is 5.13 Å². The molecule has 0 spiro atoms. The first-order chi connectivity index (χ1) is 10.9. The van der Waals surface area contributed by atoms with Crippen LogP contribution in [0.15, 0.2) is 36.4 Å². The summed E-state index contributed by atoms with van der Waals surface area (Å²) in [6, 6.07) is 11.8. The van der Waals surface area contributed by atoms with Crippen molar-refractivity contribution in [1.29, 1.82) is 0 Å². The highest BCUT2D eigenvalue weighted by molar-refractivity contribution is 7.16. The van der Waals surface area contributed by atoms with Crippen LogP contribution in [0.25, 0.3) is 11.3 Å². The molecule has 0 bridgehead atoms. The van der Waals surface area contributed by atoms with Crippen molar-refractivity contribution in [3.05, 3.63) is 62.4 Å². The van der Waals surface area contributed by atoms with Crippen LogP contribution in [0.1, 0.15) is 16.0 Å². The number of nitrogens with one attached hydrogen (secondary N) is 1. The van der Waals surface area contributed by atoms with E-state index in [1.165, 1.54) is 21.6 Å². The zero-order valence-electron chi connectivity index (χ0n) is 13.1. The third-order valence-corrected chi connectivity index (χ3v) is 4.87. The van der Waals surface area contributed by atoms with Gasteiger partial charge in [-0.15, -0.1) is 11.3 Å². The van der Waals surface area contributed by atoms with Gasteiger partial charge in [0, 0.05) is 26.2 Å². The van der Waals surface area contributed by atoms with Gasteiger partial charge in [0.1, 0.15) is 0 Å². The third-order valence-electron chi connectivity index (χ3n) is 3.55. The Bertz CT molecular complexity index is 851. The van der Waals surface area contributed by atoms with E-state index in [9.17, 15) is 0 Å². The molecule has 23 heavy (non-hydrogen) atoms. The quantitative estimate of drug-likeness (QED) is 0.554. The molecule has 5 heteroatoms. The fourth-order valence-electron chi connectivity index (χ4n) is 2.53. The van der Waals surface area contributed by atoms with E-state index in [2.05, 4.69) is 44.3 Å². The van der Waals surface area contributed by atoms with E-state index in [-0.39, 0.29) is 0 Å². The van der Waals surface area contributed by atoms with E-state index in [1.807, 2.05) is 12.1 Å². The highest BCUT2D eigenvalue weighted by atomic mass is 35.5. The van der Waals surface area contributed by atoms with Gasteiger partial charge in [-0.25, -0.2) is 4.98 Å². The highest BCUT2D eigenvalue weighted by Crippen LogP contribution is 2.34. The summed E-state index contributed by atoms with van der Waals surface area (Å²) in [6.07, 6.45) is 0. The molecule has 0 fully saturated rings. The minimum absolute atomic E-state index is 0.600. The molecular weight excluding hydrogens is 347 g/mol. The van der Waals surface area contributed by atoms with Crippen LogP contribution in [0.4, 0.5) is 10.8 Å². The van der Waals surface area contributed by atoms with Gasteiger partial charge >= 0.3 is 0 Å². The van der Waals surface area contributed by atoms with Gasteiger partial charge in [-0.05, 0) is 44.5 Å². The molecule has 3 rings (SSSR count). The maximum absolute atomic E-state index is 6.04. The maximum Gasteiger partial charge on any atom is 0.187 e. The lowest BCUT2D eigenvalue weighted by atomic mass is 10.0. The van der Waals surface area contributed by atoms with E-state index in [0.717, 1.165) is 16.5 Å². The fourth-order valence-corrected chi connectivity index (χ4v) is 3.90. The number of hydrogen-bond donors (Lipinski definition) is 1. The molecule has 0 saturated carbocycles. The van der Waals surface area contributed by atoms with E-state index >= 15 is 0 Å². The summed E-state index contributed by atoms with van der Waals surface area (Å²) >= 11 is 13.7. The lowest BCUT2D eigenvalue weighted by Crippen LogP contribution is -1.91. The van der Waals surface area contributed by atoms with Gasteiger partial charge in [0.25, 0.3) is 0 Å². The van der Waals surface area contributed by atoms with E-state index in [4.69, 9.17) is 28.2 Å². The monoisotopic (exact) mass is 362 g/mol. The molecule has 0 aliphatic rings. The van der Waals surface area contributed by atoms with Gasteiger partial charge in [0.05, 0.1) is 5.69 Å². The molecule has 1 N–H and O–H groups in total. The minimum atomic E-state index is 0.600. The Morgan fingerprint density at radius 2 is 1.65 bits per heavy atom. The van der Waals surface area contributed by atoms with Crippen LogP contribution in [0.5, 0.6) is 0 Å². The first-order valence-corrected chi connectivity index (χ1v) is 8.78. The van der Waals surface area contributed by atoms with Gasteiger partial charge in [-0.2, -0.15) is 0 Å². The summed E-state index contributed by atoms with van der Waals surface area (Å²) in [4.78, 5) is 5.92. The fraction of sp³-hybridized carbons (Fsp3) is 0.167. The van der Waals surface area contributed by atoms with Gasteiger partial charge < -0.3 is 5.32 Å². The Labute approximate surface area is 150 Å². The van der Waals surface area contributed by atoms with E-state index in [0.29, 0.717) is 10.0 Å². The predicted octanol–water partition coefficient (Wildman–Crippen LogP) is 6.79. The van der Waals surface area contributed by atoms with Crippen molar-refractivity contribution in [3.8, 4) is 11.3 Å². The van der Waals surface area contributed by atoms with Crippen LogP contribution < -0.4 is 5.32 Å². The van der Waals surface area contributed by atoms with Crippen LogP contribution >= 0.6 is 34.5 Å². The van der Waals surface area contributed by atoms with Crippen molar-refractivity contribution >= 4 is 45.4 Å². The lowest BCUT2D eigenvalue weighted by Gasteiger charge is -2.05. The number of nitrogens with zero attached hydrogens (tertiary/aromatic N) is 1. The largest absolute Gasteiger partial charge is 0.331 e. The number of rotatable bonds is 3. The summed E-state index contributed by atoms with van der Waals surface area (Å²) < 4.78 is 0. The van der Waals surface area contributed by atoms with Crippen molar-refractivity contribution < 1.29 is 0 Å². The number of anilines is 2. The SMILES string of the molecule is Cc1ccc(-c2nc(Nc3cc(Cl)cc(Cl)c3)sc2C)c(C)c1. The van der Waals surface area contributed by atoms with Crippen molar-refractivity contribution in [2.24, 2.45) is 0 Å². The van der Waals surface area contributed by atoms with E-state index < -0.39 is 0 Å². The Morgan fingerprint density at radius 1 is 0.957 bits per heavy atom. The standard InChI is InChI=1S/C18H16Cl2N2S/c1-10-4-5-16(11(2)6-10)17-12(3)23-18(22-17)21-15-8-13(19)7-14(20)9-15/h4-9H,1-3H3,(H,21,22). The van der Waals surface area contributed by atoms with Crippen LogP contribution in [0, 0.1) is 20.8 Å². The summed E-state index contributed by atoms with van der Waals surface area (Å²) in [5.74, 6) is 0. The molecule has 0 saturated heterocycles. The van der Waals surface area contributed by atoms with Crippen molar-refractivity contribution in [1.82, 2.24) is 4.98 Å². The first-order valence-electron chi connectivity index (χ1n) is 7.20. The van der Waals surface area contributed by atoms with Gasteiger partial charge in [-0.1, -0.05) is 47.0 Å². The molecule has 1 aromatic heterocycles. The summed E-state index contributed by atoms with van der Waals surface area (Å²) in [5.41, 5.74) is 5.51. The molecule has 0 unspecified atom stereocenters. The average Bonchev–Trinajstić information content (AvgIpc) is 2.78. The second-order valence-corrected chi connectivity index (χ2v) is 7.60. The molecule has 0 atom stereocenters. The minimum Gasteiger partial charge on any atom is -0.331 e. The van der Waals surface area contributed by atoms with Crippen LogP contribution in [-0.4, -0.2) is 4.98 Å². The van der Waals surface area contributed by atoms with Crippen LogP contribution in [0.3, 0.4) is 0 Å². The van der Waals surface area contributed by atoms with Crippen molar-refractivity contribution in [2.45, 2.75) is 20.8 Å². The molecule has 118 valence electrons. The second-order valence-electron chi connectivity index (χ2n) is 5.53. The molecular formula is C18H16Cl2N2S. The van der Waals surface area contributed by atoms with Gasteiger partial charge in [-0.3, -0.25) is 0 Å². The number of halogens is 2. The smallest absolute Gasteiger partial charge is 0.187 e. The molecule has 0 aliphatic heterocycles. The Balaban J connectivity index is 1.94. The molecule has 2 aromatic carbocycles. The molecule has 1 heterocycles.